The summed E-state index contributed by atoms with van der Waals surface area (Å²) in [6, 6.07) is 21.6. The highest BCUT2D eigenvalue weighted by Gasteiger charge is 2.46. The number of anilines is 4. The molecule has 2 bridgehead atoms. The molecule has 5 aliphatic heterocycles. The Labute approximate surface area is 518 Å². The van der Waals surface area contributed by atoms with Crippen molar-refractivity contribution in [3.8, 4) is 33.3 Å². The molecule has 2 aromatic carbocycles. The number of benzene rings is 2. The molecule has 5 saturated heterocycles. The number of rotatable bonds is 19. The molecule has 2 aliphatic carbocycles. The number of likely N-dealkylation sites (N-methyl/N-ethyl adjacent to an activating group) is 1. The molecular formula is C66H83N13O8S. The molecule has 6 aromatic rings. The molecule has 22 heteroatoms. The highest BCUT2D eigenvalue weighted by atomic mass is 32.1. The Morgan fingerprint density at radius 3 is 2.28 bits per heavy atom. The van der Waals surface area contributed by atoms with Crippen LogP contribution in [0.15, 0.2) is 89.0 Å². The Kier molecular flexibility index (Phi) is 17.3. The number of nitrogens with two attached hydrogens (primary N) is 1. The fourth-order valence-electron chi connectivity index (χ4n) is 14.6. The molecular weight excluding hydrogens is 1130 g/mol. The normalized spacial score (nSPS) is 24.3. The monoisotopic (exact) mass is 1220 g/mol. The number of aliphatic hydroxyl groups excluding tert-OH is 1. The van der Waals surface area contributed by atoms with E-state index in [9.17, 15) is 24.6 Å². The van der Waals surface area contributed by atoms with Gasteiger partial charge in [0.05, 0.1) is 45.8 Å². The number of carbonyl (C=O) groups excluding carboxylic acids is 3. The van der Waals surface area contributed by atoms with E-state index >= 15 is 0 Å². The summed E-state index contributed by atoms with van der Waals surface area (Å²) in [5.41, 5.74) is 14.0. The van der Waals surface area contributed by atoms with E-state index in [0.717, 1.165) is 144 Å². The number of aromatic hydroxyl groups is 1. The number of aliphatic hydroxyl groups is 1. The molecule has 9 heterocycles. The number of hydrogen-bond acceptors (Lipinski definition) is 19. The lowest BCUT2D eigenvalue weighted by Crippen LogP contribution is -2.54. The zero-order valence-electron chi connectivity index (χ0n) is 50.9. The second-order valence-electron chi connectivity index (χ2n) is 26.0. The van der Waals surface area contributed by atoms with Crippen LogP contribution in [0.5, 0.6) is 11.6 Å². The zero-order valence-corrected chi connectivity index (χ0v) is 51.7. The Balaban J connectivity index is 0.551. The Morgan fingerprint density at radius 1 is 0.841 bits per heavy atom. The average Bonchev–Trinajstić information content (AvgIpc) is 2.16. The van der Waals surface area contributed by atoms with E-state index in [-0.39, 0.29) is 60.8 Å². The number of nitrogen functional groups attached to an aromatic ring is 1. The molecule has 3 amide bonds. The quantitative estimate of drug-likeness (QED) is 0.0600. The van der Waals surface area contributed by atoms with Gasteiger partial charge in [-0.3, -0.25) is 14.4 Å². The van der Waals surface area contributed by atoms with Crippen molar-refractivity contribution in [2.24, 2.45) is 11.8 Å². The lowest BCUT2D eigenvalue weighted by atomic mass is 9.90. The number of piperazine rings is 1. The zero-order chi connectivity index (χ0) is 60.7. The summed E-state index contributed by atoms with van der Waals surface area (Å²) in [6.45, 7) is 12.2. The van der Waals surface area contributed by atoms with Gasteiger partial charge in [0.2, 0.25) is 23.6 Å². The number of phenols is 1. The Hall–Kier alpha value is -7.40. The van der Waals surface area contributed by atoms with Crippen molar-refractivity contribution in [2.45, 2.75) is 158 Å². The third kappa shape index (κ3) is 12.5. The molecule has 4 aromatic heterocycles. The number of para-hydroxylation sites is 1. The van der Waals surface area contributed by atoms with Crippen molar-refractivity contribution in [3.63, 3.8) is 0 Å². The SMILES string of the molecule is Cc1ncsc1-c1ccc([C@@H](NC(=O)[C@@H]2C[C@@H](O)CN2C(=O)[C@@H](c2cc(N3CCC(CN4CCC(O[C@H]5C[C@H](Oc6cc(N7C8CCC7CN(c7cc(-c9ccccc9O)nnc7N)C8)ccn6)C5)CC4)CC3)no2)C(C)C)C(=O)N(C)C2CCC2)cc1. The lowest BCUT2D eigenvalue weighted by molar-refractivity contribution is -0.143. The molecule has 2 saturated carbocycles. The molecule has 88 heavy (non-hydrogen) atoms. The standard InChI is InChI=1S/C66H83N13O8S/c1-39(2)60(65(83)78-37-48(80)29-55(78)64(82)70-61(66(84)74(4)44-8-7-9-44)42-12-14-43(15-13-42)62-40(3)69-38-88-62)57-33-58(73-87-57)76-26-19-41(20-27-76)34-75-24-21-49(22-25-75)85-50-30-51(31-50)86-59-28-45(18-23-68-59)79-46-16-17-47(79)36-77(35-46)54-32-53(71-72-63(54)67)52-10-5-6-11-56(52)81/h5-6,10-15,18,23,28,32-33,38-39,41,44,46-51,55,60-61,80-81H,7-9,16-17,19-22,24-27,29-31,34-37H2,1-4H3,(H2,67,72)(H,70,82)/t46?,47?,48-,50-,51-,55+,60-,61-/m1/s1. The first-order valence-corrected chi connectivity index (χ1v) is 32.8. The number of pyridine rings is 1. The highest BCUT2D eigenvalue weighted by molar-refractivity contribution is 7.13. The number of β-amino-alcohol motifs (C(OH)–C–C–N with tert-alkyl or cyclic N) is 1. The fraction of sp³-hybridized carbons (Fsp3) is 0.545. The second kappa shape index (κ2) is 25.6. The van der Waals surface area contributed by atoms with Gasteiger partial charge in [0.25, 0.3) is 0 Å². The molecule has 0 radical (unpaired) electrons. The number of phenolic OH excluding ortho intramolecular Hbond substituents is 1. The average molecular weight is 1220 g/mol. The number of aryl methyl sites for hydroxylation is 1. The summed E-state index contributed by atoms with van der Waals surface area (Å²) in [5.74, 6) is 0.954. The number of likely N-dealkylation sites (tertiary alicyclic amines) is 2. The van der Waals surface area contributed by atoms with Gasteiger partial charge in [0.1, 0.15) is 29.9 Å². The van der Waals surface area contributed by atoms with Gasteiger partial charge >= 0.3 is 0 Å². The fourth-order valence-corrected chi connectivity index (χ4v) is 15.4. The Bertz CT molecular complexity index is 3420. The van der Waals surface area contributed by atoms with E-state index < -0.39 is 30.0 Å². The first kappa shape index (κ1) is 59.6. The molecule has 7 fully saturated rings. The first-order chi connectivity index (χ1) is 42.7. The van der Waals surface area contributed by atoms with Crippen molar-refractivity contribution >= 4 is 52.1 Å². The van der Waals surface area contributed by atoms with Gasteiger partial charge in [-0.25, -0.2) is 9.97 Å². The second-order valence-corrected chi connectivity index (χ2v) is 26.9. The maximum atomic E-state index is 14.7. The first-order valence-electron chi connectivity index (χ1n) is 31.9. The van der Waals surface area contributed by atoms with Crippen molar-refractivity contribution in [2.75, 3.05) is 79.8 Å². The van der Waals surface area contributed by atoms with Crippen LogP contribution >= 0.6 is 11.3 Å². The van der Waals surface area contributed by atoms with Crippen LogP contribution in [-0.2, 0) is 19.1 Å². The summed E-state index contributed by atoms with van der Waals surface area (Å²) in [5, 5.41) is 37.7. The predicted molar refractivity (Wildman–Crippen MR) is 336 cm³/mol. The van der Waals surface area contributed by atoms with E-state index in [1.807, 2.05) is 81.0 Å². The van der Waals surface area contributed by atoms with Gasteiger partial charge in [0.15, 0.2) is 17.4 Å². The van der Waals surface area contributed by atoms with E-state index in [4.69, 9.17) is 19.7 Å². The van der Waals surface area contributed by atoms with Crippen LogP contribution in [0.25, 0.3) is 21.7 Å². The summed E-state index contributed by atoms with van der Waals surface area (Å²) >= 11 is 1.55. The molecule has 2 unspecified atom stereocenters. The summed E-state index contributed by atoms with van der Waals surface area (Å²) in [4.78, 5) is 66.3. The Morgan fingerprint density at radius 2 is 1.59 bits per heavy atom. The minimum absolute atomic E-state index is 0.00661. The summed E-state index contributed by atoms with van der Waals surface area (Å²) < 4.78 is 19.1. The van der Waals surface area contributed by atoms with Gasteiger partial charge in [-0.05, 0) is 112 Å². The van der Waals surface area contributed by atoms with E-state index in [1.165, 1.54) is 4.90 Å². The lowest BCUT2D eigenvalue weighted by Gasteiger charge is -2.43. The summed E-state index contributed by atoms with van der Waals surface area (Å²) in [7, 11) is 1.80. The maximum Gasteiger partial charge on any atom is 0.249 e. The molecule has 0 spiro atoms. The van der Waals surface area contributed by atoms with Crippen LogP contribution in [0.4, 0.5) is 23.0 Å². The van der Waals surface area contributed by atoms with Gasteiger partial charge in [0, 0.05) is 126 Å². The van der Waals surface area contributed by atoms with Crippen LogP contribution in [0.2, 0.25) is 0 Å². The van der Waals surface area contributed by atoms with E-state index in [2.05, 4.69) is 62.4 Å². The van der Waals surface area contributed by atoms with Crippen molar-refractivity contribution in [1.82, 2.24) is 45.3 Å². The minimum atomic E-state index is -0.984. The maximum absolute atomic E-state index is 14.7. The van der Waals surface area contributed by atoms with Crippen LogP contribution in [0.3, 0.4) is 0 Å². The third-order valence-corrected chi connectivity index (χ3v) is 20.9. The number of nitrogens with one attached hydrogen (secondary N) is 1. The number of aromatic nitrogens is 5. The topological polar surface area (TPSA) is 245 Å². The van der Waals surface area contributed by atoms with Crippen LogP contribution in [0, 0.1) is 18.8 Å². The van der Waals surface area contributed by atoms with Gasteiger partial charge in [-0.2, -0.15) is 0 Å². The molecule has 466 valence electrons. The summed E-state index contributed by atoms with van der Waals surface area (Å²) in [6.07, 6.45) is 12.3. The molecule has 13 rings (SSSR count). The smallest absolute Gasteiger partial charge is 0.249 e. The van der Waals surface area contributed by atoms with Crippen LogP contribution in [-0.4, -0.2) is 176 Å². The van der Waals surface area contributed by atoms with Gasteiger partial charge < -0.3 is 64.7 Å². The van der Waals surface area contributed by atoms with E-state index in [1.54, 1.807) is 35.4 Å². The number of piperidine rings is 2. The highest BCUT2D eigenvalue weighted by Crippen LogP contribution is 2.42. The number of hydrogen-bond donors (Lipinski definition) is 4. The number of ether oxygens (including phenoxy) is 2. The van der Waals surface area contributed by atoms with Crippen molar-refractivity contribution in [3.05, 3.63) is 102 Å². The third-order valence-electron chi connectivity index (χ3n) is 19.9. The van der Waals surface area contributed by atoms with Crippen molar-refractivity contribution in [1.29, 1.82) is 0 Å². The number of amides is 3. The van der Waals surface area contributed by atoms with Crippen molar-refractivity contribution < 1.29 is 38.6 Å². The van der Waals surface area contributed by atoms with Gasteiger partial charge in [-0.1, -0.05) is 55.4 Å². The van der Waals surface area contributed by atoms with E-state index in [0.29, 0.717) is 58.1 Å². The molecule has 5 N–H and O–H groups in total. The van der Waals surface area contributed by atoms with Crippen LogP contribution in [0.1, 0.15) is 120 Å². The minimum Gasteiger partial charge on any atom is -0.507 e. The van der Waals surface area contributed by atoms with Crippen LogP contribution < -0.4 is 30.5 Å². The number of fused-ring (bicyclic) bond motifs is 2. The predicted octanol–water partition coefficient (Wildman–Crippen LogP) is 7.98. The largest absolute Gasteiger partial charge is 0.507 e. The molecule has 21 nitrogen and oxygen atoms in total. The molecule has 7 aliphatic rings. The number of thiazole rings is 1. The number of carbonyl (C=O) groups is 3. The molecule has 6 atom stereocenters. The number of nitrogens with zero attached hydrogens (tertiary/aromatic N) is 11. The van der Waals surface area contributed by atoms with Gasteiger partial charge in [-0.15, -0.1) is 21.5 Å².